The van der Waals surface area contributed by atoms with E-state index in [4.69, 9.17) is 5.11 Å². The molecule has 106 valence electrons. The van der Waals surface area contributed by atoms with Crippen LogP contribution in [0.5, 0.6) is 0 Å². The van der Waals surface area contributed by atoms with Gasteiger partial charge in [-0.2, -0.15) is 0 Å². The zero-order valence-corrected chi connectivity index (χ0v) is 12.7. The van der Waals surface area contributed by atoms with Crippen molar-refractivity contribution in [2.45, 2.75) is 28.5 Å². The third-order valence-electron chi connectivity index (χ3n) is 2.36. The van der Waals surface area contributed by atoms with E-state index in [1.807, 2.05) is 0 Å². The number of hydrogen-bond donors (Lipinski definition) is 1. The molecule has 0 saturated heterocycles. The lowest BCUT2D eigenvalue weighted by molar-refractivity contribution is -0.138. The Hall–Kier alpha value is -1.12. The smallest absolute Gasteiger partial charge is 0.319 e. The fourth-order valence-electron chi connectivity index (χ4n) is 1.10. The third-order valence-corrected chi connectivity index (χ3v) is 5.30. The number of rotatable bonds is 5. The first-order chi connectivity index (χ1) is 8.57. The summed E-state index contributed by atoms with van der Waals surface area (Å²) in [4.78, 5) is 15.1. The number of aliphatic carboxylic acids is 1. The van der Waals surface area contributed by atoms with Gasteiger partial charge in [0.2, 0.25) is 10.0 Å². The van der Waals surface area contributed by atoms with Gasteiger partial charge in [0.25, 0.3) is 0 Å². The van der Waals surface area contributed by atoms with E-state index in [1.165, 1.54) is 32.4 Å². The minimum atomic E-state index is -3.51. The largest absolute Gasteiger partial charge is 0.480 e. The molecule has 0 saturated carbocycles. The molecule has 0 aliphatic heterocycles. The highest BCUT2D eigenvalue weighted by molar-refractivity contribution is 8.01. The standard InChI is InChI=1S/C11H16N2O4S2/c1-11(2,10(14)15)18-9-6-5-8(7-12-9)19(16,17)13(3)4/h5-7H,1-4H3,(H,14,15). The quantitative estimate of drug-likeness (QED) is 0.825. The number of carbonyl (C=O) groups is 1. The average Bonchev–Trinajstić information content (AvgIpc) is 2.28. The minimum absolute atomic E-state index is 0.0787. The van der Waals surface area contributed by atoms with Crippen LogP contribution in [0.3, 0.4) is 0 Å². The van der Waals surface area contributed by atoms with Crippen molar-refractivity contribution < 1.29 is 18.3 Å². The van der Waals surface area contributed by atoms with Gasteiger partial charge in [0.15, 0.2) is 0 Å². The molecule has 0 aromatic carbocycles. The van der Waals surface area contributed by atoms with E-state index in [1.54, 1.807) is 13.8 Å². The van der Waals surface area contributed by atoms with Gasteiger partial charge in [-0.05, 0) is 26.0 Å². The topological polar surface area (TPSA) is 87.6 Å². The molecule has 1 N–H and O–H groups in total. The molecule has 0 fully saturated rings. The van der Waals surface area contributed by atoms with Crippen LogP contribution < -0.4 is 0 Å². The van der Waals surface area contributed by atoms with Crippen LogP contribution in [0, 0.1) is 0 Å². The van der Waals surface area contributed by atoms with Crippen LogP contribution in [0.1, 0.15) is 13.8 Å². The number of hydrogen-bond acceptors (Lipinski definition) is 5. The summed E-state index contributed by atoms with van der Waals surface area (Å²) in [6.07, 6.45) is 1.23. The van der Waals surface area contributed by atoms with Crippen LogP contribution in [0.25, 0.3) is 0 Å². The molecule has 8 heteroatoms. The van der Waals surface area contributed by atoms with Gasteiger partial charge >= 0.3 is 5.97 Å². The summed E-state index contributed by atoms with van der Waals surface area (Å²) >= 11 is 1.06. The van der Waals surface area contributed by atoms with Crippen LogP contribution in [0.4, 0.5) is 0 Å². The van der Waals surface area contributed by atoms with E-state index < -0.39 is 20.7 Å². The predicted molar refractivity (Wildman–Crippen MR) is 72.7 cm³/mol. The molecule has 1 aromatic heterocycles. The number of aromatic nitrogens is 1. The third kappa shape index (κ3) is 3.68. The molecule has 0 spiro atoms. The Morgan fingerprint density at radius 2 is 1.95 bits per heavy atom. The average molecular weight is 304 g/mol. The molecule has 0 aliphatic carbocycles. The molecule has 0 atom stereocenters. The van der Waals surface area contributed by atoms with Gasteiger partial charge in [-0.15, -0.1) is 0 Å². The van der Waals surface area contributed by atoms with Crippen molar-refractivity contribution in [2.75, 3.05) is 14.1 Å². The number of pyridine rings is 1. The highest BCUT2D eigenvalue weighted by Crippen LogP contribution is 2.31. The molecule has 0 amide bonds. The molecule has 0 bridgehead atoms. The second kappa shape index (κ2) is 5.48. The van der Waals surface area contributed by atoms with Gasteiger partial charge in [-0.25, -0.2) is 17.7 Å². The van der Waals surface area contributed by atoms with Gasteiger partial charge in [0.05, 0.1) is 5.03 Å². The molecule has 0 aliphatic rings. The number of nitrogens with zero attached hydrogens (tertiary/aromatic N) is 2. The van der Waals surface area contributed by atoms with Gasteiger partial charge in [-0.3, -0.25) is 4.79 Å². The van der Waals surface area contributed by atoms with E-state index in [0.29, 0.717) is 5.03 Å². The number of sulfonamides is 1. The van der Waals surface area contributed by atoms with Crippen molar-refractivity contribution in [1.29, 1.82) is 0 Å². The minimum Gasteiger partial charge on any atom is -0.480 e. The summed E-state index contributed by atoms with van der Waals surface area (Å²) in [5, 5.41) is 9.47. The van der Waals surface area contributed by atoms with E-state index in [2.05, 4.69) is 4.98 Å². The summed E-state index contributed by atoms with van der Waals surface area (Å²) in [6, 6.07) is 2.92. The fraction of sp³-hybridized carbons (Fsp3) is 0.455. The van der Waals surface area contributed by atoms with Crippen molar-refractivity contribution in [1.82, 2.24) is 9.29 Å². The Bertz CT molecular complexity index is 565. The maximum absolute atomic E-state index is 11.8. The van der Waals surface area contributed by atoms with Crippen molar-refractivity contribution in [3.05, 3.63) is 18.3 Å². The van der Waals surface area contributed by atoms with Crippen LogP contribution in [-0.4, -0.2) is 47.6 Å². The van der Waals surface area contributed by atoms with Crippen LogP contribution in [-0.2, 0) is 14.8 Å². The summed E-state index contributed by atoms with van der Waals surface area (Å²) in [5.41, 5.74) is 0. The van der Waals surface area contributed by atoms with Gasteiger partial charge in [-0.1, -0.05) is 11.8 Å². The second-order valence-corrected chi connectivity index (χ2v) is 8.33. The predicted octanol–water partition coefficient (Wildman–Crippen LogP) is 1.29. The van der Waals surface area contributed by atoms with Crippen LogP contribution in [0.15, 0.2) is 28.3 Å². The number of carboxylic acids is 1. The first kappa shape index (κ1) is 15.9. The number of thioether (sulfide) groups is 1. The lowest BCUT2D eigenvalue weighted by Gasteiger charge is -2.17. The van der Waals surface area contributed by atoms with Crippen LogP contribution in [0.2, 0.25) is 0 Å². The van der Waals surface area contributed by atoms with E-state index in [-0.39, 0.29) is 4.90 Å². The summed E-state index contributed by atoms with van der Waals surface area (Å²) in [6.45, 7) is 3.12. The fourth-order valence-corrected chi connectivity index (χ4v) is 2.79. The molecular formula is C11H16N2O4S2. The maximum atomic E-state index is 11.8. The van der Waals surface area contributed by atoms with E-state index in [9.17, 15) is 13.2 Å². The van der Waals surface area contributed by atoms with Crippen LogP contribution >= 0.6 is 11.8 Å². The van der Waals surface area contributed by atoms with Crippen molar-refractivity contribution in [3.8, 4) is 0 Å². The summed E-state index contributed by atoms with van der Waals surface area (Å²) in [5.74, 6) is -0.954. The van der Waals surface area contributed by atoms with Gasteiger partial charge in [0.1, 0.15) is 9.64 Å². The SMILES string of the molecule is CN(C)S(=O)(=O)c1ccc(SC(C)(C)C(=O)O)nc1. The Balaban J connectivity index is 2.99. The number of carboxylic acid groups (broad SMARTS) is 1. The monoisotopic (exact) mass is 304 g/mol. The first-order valence-electron chi connectivity index (χ1n) is 5.38. The van der Waals surface area contributed by atoms with Crippen molar-refractivity contribution >= 4 is 27.8 Å². The lowest BCUT2D eigenvalue weighted by atomic mass is 10.2. The highest BCUT2D eigenvalue weighted by Gasteiger charge is 2.29. The summed E-state index contributed by atoms with van der Waals surface area (Å²) in [7, 11) is -0.636. The molecule has 0 unspecified atom stereocenters. The maximum Gasteiger partial charge on any atom is 0.319 e. The Labute approximate surface area is 116 Å². The Morgan fingerprint density at radius 1 is 1.37 bits per heavy atom. The Morgan fingerprint density at radius 3 is 2.32 bits per heavy atom. The lowest BCUT2D eigenvalue weighted by Crippen LogP contribution is -2.27. The molecule has 1 aromatic rings. The zero-order valence-electron chi connectivity index (χ0n) is 11.1. The van der Waals surface area contributed by atoms with E-state index in [0.717, 1.165) is 16.1 Å². The molecule has 19 heavy (non-hydrogen) atoms. The molecule has 1 rings (SSSR count). The summed E-state index contributed by atoms with van der Waals surface area (Å²) < 4.78 is 23.7. The van der Waals surface area contributed by atoms with Gasteiger partial charge < -0.3 is 5.11 Å². The molecule has 1 heterocycles. The normalized spacial score (nSPS) is 12.7. The first-order valence-corrected chi connectivity index (χ1v) is 7.64. The van der Waals surface area contributed by atoms with Crippen molar-refractivity contribution in [2.24, 2.45) is 0 Å². The highest BCUT2D eigenvalue weighted by atomic mass is 32.2. The van der Waals surface area contributed by atoms with Gasteiger partial charge in [0, 0.05) is 20.3 Å². The second-order valence-electron chi connectivity index (χ2n) is 4.54. The Kier molecular flexibility index (Phi) is 4.59. The molecule has 6 nitrogen and oxygen atoms in total. The zero-order chi connectivity index (χ0) is 14.8. The van der Waals surface area contributed by atoms with Crippen molar-refractivity contribution in [3.63, 3.8) is 0 Å². The van der Waals surface area contributed by atoms with E-state index >= 15 is 0 Å². The molecule has 0 radical (unpaired) electrons. The molecular weight excluding hydrogens is 288 g/mol.